The lowest BCUT2D eigenvalue weighted by Gasteiger charge is -2.15. The summed E-state index contributed by atoms with van der Waals surface area (Å²) in [6.45, 7) is -0.0358. The van der Waals surface area contributed by atoms with Gasteiger partial charge >= 0.3 is 12.0 Å². The van der Waals surface area contributed by atoms with Crippen molar-refractivity contribution in [3.05, 3.63) is 29.8 Å². The van der Waals surface area contributed by atoms with Crippen LogP contribution < -0.4 is 16.0 Å². The van der Waals surface area contributed by atoms with Gasteiger partial charge in [-0.05, 0) is 24.1 Å². The van der Waals surface area contributed by atoms with Crippen LogP contribution in [-0.4, -0.2) is 23.7 Å². The molecule has 0 radical (unpaired) electrons. The Morgan fingerprint density at radius 2 is 2.00 bits per heavy atom. The maximum Gasteiger partial charge on any atom is 0.483 e. The first kappa shape index (κ1) is 13.3. The molecule has 1 rings (SSSR count). The maximum atomic E-state index is 13.0. The first-order valence-electron chi connectivity index (χ1n) is 4.77. The third kappa shape index (κ3) is 3.65. The van der Waals surface area contributed by atoms with Crippen molar-refractivity contribution in [2.24, 2.45) is 5.84 Å². The average Bonchev–Trinajstić information content (AvgIpc) is 2.30. The molecule has 4 N–H and O–H groups in total. The molecule has 0 aromatic heterocycles. The zero-order valence-corrected chi connectivity index (χ0v) is 8.82. The van der Waals surface area contributed by atoms with Crippen molar-refractivity contribution in [3.63, 3.8) is 0 Å². The zero-order valence-electron chi connectivity index (χ0n) is 8.82. The first-order chi connectivity index (χ1) is 7.99. The fourth-order valence-corrected chi connectivity index (χ4v) is 1.13. The number of hydrogen-bond acceptors (Lipinski definition) is 4. The van der Waals surface area contributed by atoms with Crippen LogP contribution in [-0.2, 0) is 11.2 Å². The lowest BCUT2D eigenvalue weighted by molar-refractivity contribution is -0.192. The van der Waals surface area contributed by atoms with Crippen molar-refractivity contribution in [1.29, 1.82) is 0 Å². The monoisotopic (exact) mass is 246 g/mol. The highest BCUT2D eigenvalue weighted by molar-refractivity contribution is 5.81. The minimum absolute atomic E-state index is 0.0358. The molecule has 0 saturated carbocycles. The van der Waals surface area contributed by atoms with E-state index in [9.17, 15) is 13.6 Å². The second-order valence-electron chi connectivity index (χ2n) is 3.21. The molecule has 1 aromatic rings. The van der Waals surface area contributed by atoms with Gasteiger partial charge in [0.2, 0.25) is 0 Å². The molecular weight excluding hydrogens is 234 g/mol. The van der Waals surface area contributed by atoms with Gasteiger partial charge in [0.25, 0.3) is 0 Å². The number of hydrogen-bond donors (Lipinski definition) is 3. The van der Waals surface area contributed by atoms with E-state index in [2.05, 4.69) is 10.6 Å². The summed E-state index contributed by atoms with van der Waals surface area (Å²) < 4.78 is 30.2. The van der Waals surface area contributed by atoms with Gasteiger partial charge in [-0.3, -0.25) is 10.2 Å². The van der Waals surface area contributed by atoms with Crippen LogP contribution in [0.5, 0.6) is 5.75 Å². The molecule has 0 fully saturated rings. The molecule has 1 aromatic carbocycles. The maximum absolute atomic E-state index is 13.0. The van der Waals surface area contributed by atoms with Crippen molar-refractivity contribution in [2.75, 3.05) is 6.61 Å². The lowest BCUT2D eigenvalue weighted by atomic mass is 10.1. The highest BCUT2D eigenvalue weighted by Crippen LogP contribution is 2.22. The Hall–Kier alpha value is -1.73. The number of carbonyl (C=O) groups excluding carboxylic acids is 1. The summed E-state index contributed by atoms with van der Waals surface area (Å²) in [4.78, 5) is 10.7. The van der Waals surface area contributed by atoms with Gasteiger partial charge in [0.15, 0.2) is 0 Å². The van der Waals surface area contributed by atoms with E-state index in [-0.39, 0.29) is 12.4 Å². The van der Waals surface area contributed by atoms with E-state index >= 15 is 0 Å². The Bertz CT molecular complexity index is 382. The van der Waals surface area contributed by atoms with Crippen molar-refractivity contribution in [1.82, 2.24) is 5.43 Å². The number of alkyl halides is 2. The molecule has 5 nitrogen and oxygen atoms in total. The van der Waals surface area contributed by atoms with Crippen LogP contribution in [0, 0.1) is 0 Å². The average molecular weight is 246 g/mol. The minimum Gasteiger partial charge on any atom is -0.425 e. The van der Waals surface area contributed by atoms with Crippen molar-refractivity contribution in [3.8, 4) is 5.75 Å². The van der Waals surface area contributed by atoms with Crippen LogP contribution in [0.25, 0.3) is 0 Å². The van der Waals surface area contributed by atoms with Crippen LogP contribution in [0.3, 0.4) is 0 Å². The van der Waals surface area contributed by atoms with Crippen LogP contribution in [0.1, 0.15) is 5.56 Å². The topological polar surface area (TPSA) is 84.6 Å². The van der Waals surface area contributed by atoms with Crippen LogP contribution in [0.4, 0.5) is 8.78 Å². The number of aliphatic hydroxyl groups is 1. The van der Waals surface area contributed by atoms with E-state index in [1.165, 1.54) is 29.7 Å². The normalized spacial score (nSPS) is 11.1. The number of halogens is 2. The summed E-state index contributed by atoms with van der Waals surface area (Å²) in [5, 5.41) is 8.66. The van der Waals surface area contributed by atoms with Crippen molar-refractivity contribution >= 4 is 5.91 Å². The van der Waals surface area contributed by atoms with Gasteiger partial charge in [-0.25, -0.2) is 5.84 Å². The van der Waals surface area contributed by atoms with Gasteiger partial charge < -0.3 is 9.84 Å². The zero-order chi connectivity index (χ0) is 12.9. The molecule has 0 spiro atoms. The van der Waals surface area contributed by atoms with Gasteiger partial charge in [0.1, 0.15) is 5.75 Å². The van der Waals surface area contributed by atoms with Gasteiger partial charge in [0.05, 0.1) is 0 Å². The van der Waals surface area contributed by atoms with Crippen LogP contribution >= 0.6 is 0 Å². The Kier molecular flexibility index (Phi) is 4.36. The van der Waals surface area contributed by atoms with Crippen molar-refractivity contribution < 1.29 is 23.4 Å². The van der Waals surface area contributed by atoms with Crippen molar-refractivity contribution in [2.45, 2.75) is 12.5 Å². The minimum atomic E-state index is -4.02. The third-order valence-corrected chi connectivity index (χ3v) is 1.97. The molecule has 0 saturated heterocycles. The lowest BCUT2D eigenvalue weighted by Crippen LogP contribution is -2.47. The predicted molar refractivity (Wildman–Crippen MR) is 55.1 cm³/mol. The largest absolute Gasteiger partial charge is 0.483 e. The van der Waals surface area contributed by atoms with E-state index in [1.54, 1.807) is 0 Å². The van der Waals surface area contributed by atoms with Gasteiger partial charge in [0, 0.05) is 6.61 Å². The number of carbonyl (C=O) groups is 1. The smallest absolute Gasteiger partial charge is 0.425 e. The summed E-state index contributed by atoms with van der Waals surface area (Å²) in [6, 6.07) is 5.59. The molecule has 94 valence electrons. The number of ether oxygens (including phenoxy) is 1. The fraction of sp³-hybridized carbons (Fsp3) is 0.300. The molecule has 1 amide bonds. The Morgan fingerprint density at radius 1 is 1.41 bits per heavy atom. The molecule has 7 heteroatoms. The van der Waals surface area contributed by atoms with Gasteiger partial charge in [-0.15, -0.1) is 0 Å². The highest BCUT2D eigenvalue weighted by atomic mass is 19.3. The number of nitrogens with one attached hydrogen (secondary N) is 1. The van der Waals surface area contributed by atoms with E-state index in [0.717, 1.165) is 5.56 Å². The summed E-state index contributed by atoms with van der Waals surface area (Å²) >= 11 is 0. The highest BCUT2D eigenvalue weighted by Gasteiger charge is 2.41. The predicted octanol–water partition coefficient (Wildman–Crippen LogP) is 0.183. The molecule has 0 aliphatic heterocycles. The second-order valence-corrected chi connectivity index (χ2v) is 3.21. The number of rotatable bonds is 5. The molecular formula is C10H12F2N2O3. The van der Waals surface area contributed by atoms with Crippen LogP contribution in [0.2, 0.25) is 0 Å². The number of aliphatic hydroxyl groups excluding tert-OH is 1. The SMILES string of the molecule is NNC(=O)C(F)(F)Oc1ccc(CCO)cc1. The Morgan fingerprint density at radius 3 is 2.47 bits per heavy atom. The summed E-state index contributed by atoms with van der Waals surface area (Å²) in [6.07, 6.45) is -3.60. The molecule has 0 aliphatic carbocycles. The van der Waals surface area contributed by atoms with E-state index in [1.807, 2.05) is 0 Å². The Balaban J connectivity index is 2.71. The molecule has 0 unspecified atom stereocenters. The number of benzene rings is 1. The standard InChI is InChI=1S/C10H12F2N2O3/c11-10(12,9(16)14-13)17-8-3-1-7(2-4-8)5-6-15/h1-4,15H,5-6,13H2,(H,14,16). The van der Waals surface area contributed by atoms with E-state index < -0.39 is 12.0 Å². The third-order valence-electron chi connectivity index (χ3n) is 1.97. The molecule has 17 heavy (non-hydrogen) atoms. The summed E-state index contributed by atoms with van der Waals surface area (Å²) in [5.41, 5.74) is 2.08. The van der Waals surface area contributed by atoms with E-state index in [4.69, 9.17) is 5.11 Å². The molecule has 0 atom stereocenters. The summed E-state index contributed by atoms with van der Waals surface area (Å²) in [7, 11) is 0. The molecule has 0 bridgehead atoms. The van der Waals surface area contributed by atoms with E-state index in [0.29, 0.717) is 6.42 Å². The van der Waals surface area contributed by atoms with Gasteiger partial charge in [-0.2, -0.15) is 8.78 Å². The number of nitrogens with two attached hydrogens (primary N) is 1. The molecule has 0 heterocycles. The van der Waals surface area contributed by atoms with Crippen LogP contribution in [0.15, 0.2) is 24.3 Å². The Labute approximate surface area is 96.2 Å². The molecule has 0 aliphatic rings. The van der Waals surface area contributed by atoms with Gasteiger partial charge in [-0.1, -0.05) is 12.1 Å². The number of hydrazine groups is 1. The number of amides is 1. The second kappa shape index (κ2) is 5.55. The quantitative estimate of drug-likeness (QED) is 0.393. The summed E-state index contributed by atoms with van der Waals surface area (Å²) in [5.74, 6) is 2.70. The fourth-order valence-electron chi connectivity index (χ4n) is 1.13. The first-order valence-corrected chi connectivity index (χ1v) is 4.77.